The summed E-state index contributed by atoms with van der Waals surface area (Å²) in [5, 5.41) is 0. The van der Waals surface area contributed by atoms with Crippen molar-refractivity contribution in [2.75, 3.05) is 0 Å². The summed E-state index contributed by atoms with van der Waals surface area (Å²) in [6, 6.07) is 0. The molecule has 0 atom stereocenters. The summed E-state index contributed by atoms with van der Waals surface area (Å²) in [4.78, 5) is 8.37. The van der Waals surface area contributed by atoms with Crippen LogP contribution in [0.2, 0.25) is 0 Å². The molecule has 0 aliphatic rings. The van der Waals surface area contributed by atoms with Gasteiger partial charge < -0.3 is 9.13 Å². The molecule has 0 saturated heterocycles. The van der Waals surface area contributed by atoms with E-state index in [-0.39, 0.29) is 229 Å². The van der Waals surface area contributed by atoms with Crippen molar-refractivity contribution in [3.63, 3.8) is 0 Å². The average molecular weight is 795 g/mol. The van der Waals surface area contributed by atoms with Crippen molar-refractivity contribution in [3.05, 3.63) is 24.8 Å². The molecule has 2 aromatic rings. The minimum absolute atomic E-state index is 0. The summed E-state index contributed by atoms with van der Waals surface area (Å²) in [5.41, 5.74) is 1.82. The molecular weight excluding hydrogens is 785 g/mol. The maximum atomic E-state index is 4.19. The van der Waals surface area contributed by atoms with E-state index in [1.165, 1.54) is 0 Å². The minimum Gasteiger partial charge on any atom is -0.380 e. The van der Waals surface area contributed by atoms with E-state index in [4.69, 9.17) is 0 Å². The maximum absolute atomic E-state index is 4.19. The number of imidazole rings is 2. The second kappa shape index (κ2) is 23.3. The average Bonchev–Trinajstić information content (AvgIpc) is 2.65. The normalized spacial score (nSPS) is 6.90. The molecule has 2 heterocycles. The fourth-order valence-electron chi connectivity index (χ4n) is 1.15. The Hall–Kier alpha value is 6.21. The van der Waals surface area contributed by atoms with Gasteiger partial charge in [-0.2, -0.15) is 7.28 Å². The van der Waals surface area contributed by atoms with E-state index in [2.05, 4.69) is 9.97 Å². The molecule has 0 aliphatic heterocycles. The van der Waals surface area contributed by atoms with E-state index in [0.29, 0.717) is 0 Å². The number of aryl methyl sites for hydroxylation is 2. The first kappa shape index (κ1) is 40.8. The topological polar surface area (TPSA) is 35.6 Å². The summed E-state index contributed by atoms with van der Waals surface area (Å²) in [6.07, 6.45) is 7.37. The van der Waals surface area contributed by atoms with E-state index in [1.807, 2.05) is 42.9 Å². The Kier molecular flexibility index (Phi) is 47.4. The van der Waals surface area contributed by atoms with Crippen LogP contribution in [0.1, 0.15) is 0 Å². The van der Waals surface area contributed by atoms with Crippen molar-refractivity contribution in [3.8, 4) is 0 Å². The molecular formula is C8H10BN4Y7-. The summed E-state index contributed by atoms with van der Waals surface area (Å²) in [5.74, 6) is 0. The van der Waals surface area contributed by atoms with Crippen LogP contribution < -0.4 is 11.4 Å². The van der Waals surface area contributed by atoms with Crippen LogP contribution in [0.25, 0.3) is 0 Å². The molecule has 0 amide bonds. The predicted molar refractivity (Wildman–Crippen MR) is 51.4 cm³/mol. The van der Waals surface area contributed by atoms with Gasteiger partial charge in [-0.1, -0.05) is 0 Å². The number of nitrogens with zero attached hydrogens (tertiary/aromatic N) is 4. The van der Waals surface area contributed by atoms with Crippen LogP contribution in [-0.4, -0.2) is 26.4 Å². The Morgan fingerprint density at radius 3 is 1.20 bits per heavy atom. The summed E-state index contributed by atoms with van der Waals surface area (Å²) < 4.78 is 3.91. The zero-order valence-electron chi connectivity index (χ0n) is 11.7. The third-order valence-electron chi connectivity index (χ3n) is 1.98. The SMILES string of the molecule is Cn1ccnc1[B-]c1nccn1C.[Y].[Y].[Y].[Y].[Y].[Y].[Y]. The van der Waals surface area contributed by atoms with Gasteiger partial charge in [-0.25, -0.2) is 0 Å². The largest absolute Gasteiger partial charge is 0.380 e. The van der Waals surface area contributed by atoms with Gasteiger partial charge in [0.2, 0.25) is 0 Å². The first-order chi connectivity index (χ1) is 6.27. The molecule has 2 aromatic heterocycles. The molecule has 0 spiro atoms. The second-order valence-corrected chi connectivity index (χ2v) is 2.94. The standard InChI is InChI=1S/C8H10BN4.7Y/c1-12-5-3-10-7(12)9-8-11-4-6-13(8)2;;;;;;;/h3-6H,1-2H3;;;;;;;/q-1;;;;;;;. The third-order valence-corrected chi connectivity index (χ3v) is 1.98. The van der Waals surface area contributed by atoms with Gasteiger partial charge in [-0.3, -0.25) is 9.97 Å². The van der Waals surface area contributed by atoms with Crippen molar-refractivity contribution >= 4 is 18.7 Å². The van der Waals surface area contributed by atoms with Crippen molar-refractivity contribution < 1.29 is 229 Å². The fourth-order valence-corrected chi connectivity index (χ4v) is 1.15. The Bertz CT molecular complexity index is 384. The number of aromatic nitrogens is 4. The third kappa shape index (κ3) is 14.3. The Morgan fingerprint density at radius 1 is 0.700 bits per heavy atom. The summed E-state index contributed by atoms with van der Waals surface area (Å²) in [6.45, 7) is 0. The van der Waals surface area contributed by atoms with Crippen molar-refractivity contribution in [1.29, 1.82) is 0 Å². The Balaban J connectivity index is -0.0000000700. The van der Waals surface area contributed by atoms with Crippen molar-refractivity contribution in [1.82, 2.24) is 19.1 Å². The molecule has 0 aromatic carbocycles. The molecule has 0 saturated carbocycles. The molecule has 0 unspecified atom stereocenters. The van der Waals surface area contributed by atoms with Gasteiger partial charge in [0.1, 0.15) is 0 Å². The quantitative estimate of drug-likeness (QED) is 0.359. The molecule has 9 radical (unpaired) electrons. The van der Waals surface area contributed by atoms with Gasteiger partial charge in [0.15, 0.2) is 0 Å². The smallest absolute Gasteiger partial charge is 0.0404 e. The van der Waals surface area contributed by atoms with Gasteiger partial charge in [-0.15, -0.1) is 11.4 Å². The van der Waals surface area contributed by atoms with E-state index in [1.54, 1.807) is 12.4 Å². The first-order valence-electron chi connectivity index (χ1n) is 4.07. The molecule has 0 aliphatic carbocycles. The van der Waals surface area contributed by atoms with Gasteiger partial charge in [-0.05, 0) is 0 Å². The van der Waals surface area contributed by atoms with E-state index >= 15 is 0 Å². The van der Waals surface area contributed by atoms with Gasteiger partial charge >= 0.3 is 0 Å². The number of hydrogen-bond acceptors (Lipinski definition) is 2. The number of hydrogen-bond donors (Lipinski definition) is 0. The molecule has 0 bridgehead atoms. The molecule has 0 N–H and O–H groups in total. The van der Waals surface area contributed by atoms with Crippen LogP contribution in [0.5, 0.6) is 0 Å². The van der Waals surface area contributed by atoms with E-state index < -0.39 is 0 Å². The van der Waals surface area contributed by atoms with Crippen LogP contribution in [-0.2, 0) is 243 Å². The fraction of sp³-hybridized carbons (Fsp3) is 0.250. The van der Waals surface area contributed by atoms with Crippen molar-refractivity contribution in [2.24, 2.45) is 14.1 Å². The van der Waals surface area contributed by atoms with Gasteiger partial charge in [0, 0.05) is 268 Å². The second-order valence-electron chi connectivity index (χ2n) is 2.94. The summed E-state index contributed by atoms with van der Waals surface area (Å²) >= 11 is 0. The van der Waals surface area contributed by atoms with Crippen molar-refractivity contribution in [2.45, 2.75) is 0 Å². The minimum atomic E-state index is 0. The monoisotopic (exact) mass is 795 g/mol. The van der Waals surface area contributed by atoms with Crippen LogP contribution in [0.15, 0.2) is 24.8 Å². The summed E-state index contributed by atoms with van der Waals surface area (Å²) in [7, 11) is 5.86. The molecule has 87 valence electrons. The predicted octanol–water partition coefficient (Wildman–Crippen LogP) is -1.21. The molecule has 0 fully saturated rings. The first-order valence-corrected chi connectivity index (χ1v) is 4.07. The van der Waals surface area contributed by atoms with Gasteiger partial charge in [0.25, 0.3) is 0 Å². The van der Waals surface area contributed by atoms with Crippen LogP contribution >= 0.6 is 0 Å². The zero-order chi connectivity index (χ0) is 9.26. The molecule has 20 heavy (non-hydrogen) atoms. The number of rotatable bonds is 2. The molecule has 12 heteroatoms. The van der Waals surface area contributed by atoms with Crippen LogP contribution in [0, 0.1) is 0 Å². The van der Waals surface area contributed by atoms with E-state index in [9.17, 15) is 0 Å². The van der Waals surface area contributed by atoms with Gasteiger partial charge in [0.05, 0.1) is 0 Å². The molecule has 2 rings (SSSR count). The molecule has 4 nitrogen and oxygen atoms in total. The van der Waals surface area contributed by atoms with E-state index in [0.717, 1.165) is 11.4 Å². The maximum Gasteiger partial charge on any atom is 0.0404 e. The van der Waals surface area contributed by atoms with Crippen LogP contribution in [0.4, 0.5) is 0 Å². The Morgan fingerprint density at radius 2 is 1.00 bits per heavy atom. The Labute approximate surface area is 297 Å². The zero-order valence-corrected chi connectivity index (χ0v) is 31.6. The van der Waals surface area contributed by atoms with Crippen LogP contribution in [0.3, 0.4) is 0 Å².